The van der Waals surface area contributed by atoms with E-state index in [-0.39, 0.29) is 23.0 Å². The third kappa shape index (κ3) is 6.38. The Balaban J connectivity index is 3.55. The molecule has 4 nitrogen and oxygen atoms in total. The van der Waals surface area contributed by atoms with Crippen LogP contribution in [0, 0.1) is 5.92 Å². The predicted molar refractivity (Wildman–Crippen MR) is 63.8 cm³/mol. The van der Waals surface area contributed by atoms with Gasteiger partial charge in [-0.25, -0.2) is 0 Å². The molecule has 5 heteroatoms. The van der Waals surface area contributed by atoms with E-state index in [1.165, 1.54) is 11.8 Å². The zero-order valence-corrected chi connectivity index (χ0v) is 10.6. The van der Waals surface area contributed by atoms with Crippen molar-refractivity contribution in [1.82, 2.24) is 10.6 Å². The monoisotopic (exact) mass is 232 g/mol. The summed E-state index contributed by atoms with van der Waals surface area (Å²) in [6.07, 6.45) is 1.89. The van der Waals surface area contributed by atoms with E-state index in [1.807, 2.05) is 27.0 Å². The van der Waals surface area contributed by atoms with E-state index < -0.39 is 0 Å². The minimum absolute atomic E-state index is 0.00850. The van der Waals surface area contributed by atoms with Crippen LogP contribution in [0.15, 0.2) is 0 Å². The summed E-state index contributed by atoms with van der Waals surface area (Å²) >= 11 is 1.50. The third-order valence-electron chi connectivity index (χ3n) is 1.97. The van der Waals surface area contributed by atoms with Crippen LogP contribution in [-0.4, -0.2) is 36.4 Å². The maximum Gasteiger partial charge on any atom is 0.232 e. The first-order chi connectivity index (χ1) is 6.99. The van der Waals surface area contributed by atoms with E-state index in [0.717, 1.165) is 0 Å². The van der Waals surface area contributed by atoms with Crippen LogP contribution in [0.25, 0.3) is 0 Å². The van der Waals surface area contributed by atoms with E-state index in [2.05, 4.69) is 10.6 Å². The molecule has 15 heavy (non-hydrogen) atoms. The zero-order valence-electron chi connectivity index (χ0n) is 9.79. The molecule has 0 heterocycles. The van der Waals surface area contributed by atoms with Crippen LogP contribution in [-0.2, 0) is 9.59 Å². The first-order valence-electron chi connectivity index (χ1n) is 5.07. The van der Waals surface area contributed by atoms with Crippen molar-refractivity contribution in [1.29, 1.82) is 0 Å². The molecule has 1 atom stereocenters. The fourth-order valence-corrected chi connectivity index (χ4v) is 1.12. The van der Waals surface area contributed by atoms with Gasteiger partial charge in [0.15, 0.2) is 0 Å². The van der Waals surface area contributed by atoms with Gasteiger partial charge in [0.2, 0.25) is 11.8 Å². The number of thioether (sulfide) groups is 1. The van der Waals surface area contributed by atoms with Crippen molar-refractivity contribution >= 4 is 23.6 Å². The molecule has 0 aliphatic heterocycles. The van der Waals surface area contributed by atoms with Gasteiger partial charge in [-0.1, -0.05) is 13.8 Å². The Morgan fingerprint density at radius 3 is 1.93 bits per heavy atom. The Hall–Kier alpha value is -0.710. The van der Waals surface area contributed by atoms with Gasteiger partial charge in [-0.2, -0.15) is 11.8 Å². The molecule has 0 aromatic carbocycles. The maximum absolute atomic E-state index is 11.3. The van der Waals surface area contributed by atoms with Crippen molar-refractivity contribution in [2.24, 2.45) is 5.92 Å². The Labute approximate surface area is 95.6 Å². The minimum Gasteiger partial charge on any atom is -0.354 e. The van der Waals surface area contributed by atoms with E-state index in [0.29, 0.717) is 13.1 Å². The highest BCUT2D eigenvalue weighted by Crippen LogP contribution is 2.03. The second kappa shape index (κ2) is 7.56. The lowest BCUT2D eigenvalue weighted by atomic mass is 10.2. The van der Waals surface area contributed by atoms with Crippen LogP contribution in [0.1, 0.15) is 20.8 Å². The van der Waals surface area contributed by atoms with Crippen molar-refractivity contribution in [3.8, 4) is 0 Å². The highest BCUT2D eigenvalue weighted by atomic mass is 32.2. The summed E-state index contributed by atoms with van der Waals surface area (Å²) in [6, 6.07) is 0. The van der Waals surface area contributed by atoms with Gasteiger partial charge >= 0.3 is 0 Å². The van der Waals surface area contributed by atoms with Crippen LogP contribution in [0.3, 0.4) is 0 Å². The van der Waals surface area contributed by atoms with Crippen molar-refractivity contribution in [3.63, 3.8) is 0 Å². The molecule has 0 fully saturated rings. The van der Waals surface area contributed by atoms with Crippen LogP contribution in [0.2, 0.25) is 0 Å². The van der Waals surface area contributed by atoms with Gasteiger partial charge in [0.25, 0.3) is 0 Å². The summed E-state index contributed by atoms with van der Waals surface area (Å²) in [4.78, 5) is 22.5. The summed E-state index contributed by atoms with van der Waals surface area (Å²) in [6.45, 7) is 6.51. The molecular formula is C10H20N2O2S. The fraction of sp³-hybridized carbons (Fsp3) is 0.800. The highest BCUT2D eigenvalue weighted by molar-refractivity contribution is 7.99. The number of carbonyl (C=O) groups is 2. The quantitative estimate of drug-likeness (QED) is 0.660. The largest absolute Gasteiger partial charge is 0.354 e. The van der Waals surface area contributed by atoms with E-state index >= 15 is 0 Å². The summed E-state index contributed by atoms with van der Waals surface area (Å²) in [5.41, 5.74) is 0. The summed E-state index contributed by atoms with van der Waals surface area (Å²) < 4.78 is 0. The number of rotatable bonds is 6. The third-order valence-corrected chi connectivity index (χ3v) is 2.89. The summed E-state index contributed by atoms with van der Waals surface area (Å²) in [5, 5.41) is 5.45. The van der Waals surface area contributed by atoms with Crippen molar-refractivity contribution < 1.29 is 9.59 Å². The molecule has 0 saturated heterocycles. The maximum atomic E-state index is 11.3. The minimum atomic E-state index is -0.0363. The molecule has 0 bridgehead atoms. The Morgan fingerprint density at radius 2 is 1.53 bits per heavy atom. The molecule has 0 aromatic heterocycles. The lowest BCUT2D eigenvalue weighted by molar-refractivity contribution is -0.124. The number of nitrogens with one attached hydrogen (secondary N) is 2. The summed E-state index contributed by atoms with van der Waals surface area (Å²) in [5.74, 6) is 0.0225. The lowest BCUT2D eigenvalue weighted by Crippen LogP contribution is -2.38. The number of carbonyl (C=O) groups excluding carboxylic acids is 2. The molecule has 0 spiro atoms. The SMILES string of the molecule is CS[C@H](C)C(=O)NCCNC(=O)C(C)C. The molecule has 0 rings (SSSR count). The fourth-order valence-electron chi connectivity index (χ4n) is 0.826. The lowest BCUT2D eigenvalue weighted by Gasteiger charge is -2.11. The second-order valence-corrected chi connectivity index (χ2v) is 4.79. The molecule has 0 radical (unpaired) electrons. The number of hydrogen-bond donors (Lipinski definition) is 2. The summed E-state index contributed by atoms with van der Waals surface area (Å²) in [7, 11) is 0. The van der Waals surface area contributed by atoms with Crippen molar-refractivity contribution in [2.45, 2.75) is 26.0 Å². The van der Waals surface area contributed by atoms with Gasteiger partial charge in [0.05, 0.1) is 5.25 Å². The molecule has 2 N–H and O–H groups in total. The Kier molecular flexibility index (Phi) is 7.21. The standard InChI is InChI=1S/C10H20N2O2S/c1-7(2)9(13)11-5-6-12-10(14)8(3)15-4/h7-8H,5-6H2,1-4H3,(H,11,13)(H,12,14)/t8-/m1/s1. The van der Waals surface area contributed by atoms with Gasteiger partial charge in [-0.15, -0.1) is 0 Å². The average molecular weight is 232 g/mol. The van der Waals surface area contributed by atoms with E-state index in [9.17, 15) is 9.59 Å². The molecule has 0 aromatic rings. The van der Waals surface area contributed by atoms with Crippen LogP contribution in [0.5, 0.6) is 0 Å². The molecule has 0 saturated carbocycles. The van der Waals surface area contributed by atoms with Crippen molar-refractivity contribution in [3.05, 3.63) is 0 Å². The van der Waals surface area contributed by atoms with Gasteiger partial charge in [-0.3, -0.25) is 9.59 Å². The molecule has 2 amide bonds. The zero-order chi connectivity index (χ0) is 11.8. The predicted octanol–water partition coefficient (Wildman–Crippen LogP) is 0.626. The van der Waals surface area contributed by atoms with E-state index in [4.69, 9.17) is 0 Å². The average Bonchev–Trinajstić information content (AvgIpc) is 2.22. The highest BCUT2D eigenvalue weighted by Gasteiger charge is 2.10. The van der Waals surface area contributed by atoms with Crippen molar-refractivity contribution in [2.75, 3.05) is 19.3 Å². The second-order valence-electron chi connectivity index (χ2n) is 3.61. The van der Waals surface area contributed by atoms with Gasteiger partial charge < -0.3 is 10.6 Å². The molecule has 88 valence electrons. The smallest absolute Gasteiger partial charge is 0.232 e. The van der Waals surface area contributed by atoms with Crippen LogP contribution in [0.4, 0.5) is 0 Å². The number of amides is 2. The molecular weight excluding hydrogens is 212 g/mol. The van der Waals surface area contributed by atoms with Crippen LogP contribution < -0.4 is 10.6 Å². The van der Waals surface area contributed by atoms with Gasteiger partial charge in [0, 0.05) is 19.0 Å². The molecule has 0 aliphatic carbocycles. The van der Waals surface area contributed by atoms with E-state index in [1.54, 1.807) is 0 Å². The van der Waals surface area contributed by atoms with Gasteiger partial charge in [-0.05, 0) is 13.2 Å². The number of hydrogen-bond acceptors (Lipinski definition) is 3. The molecule has 0 aliphatic rings. The topological polar surface area (TPSA) is 58.2 Å². The van der Waals surface area contributed by atoms with Crippen LogP contribution >= 0.6 is 11.8 Å². The molecule has 0 unspecified atom stereocenters. The Bertz CT molecular complexity index is 219. The first kappa shape index (κ1) is 14.3. The Morgan fingerprint density at radius 1 is 1.07 bits per heavy atom. The van der Waals surface area contributed by atoms with Gasteiger partial charge in [0.1, 0.15) is 0 Å². The first-order valence-corrected chi connectivity index (χ1v) is 6.36. The normalized spacial score (nSPS) is 12.3.